The topological polar surface area (TPSA) is 89.3 Å². The molecule has 0 spiro atoms. The van der Waals surface area contributed by atoms with Gasteiger partial charge in [-0.2, -0.15) is 0 Å². The Morgan fingerprint density at radius 1 is 1.08 bits per heavy atom. The van der Waals surface area contributed by atoms with Crippen molar-refractivity contribution in [2.75, 3.05) is 37.7 Å². The van der Waals surface area contributed by atoms with Crippen LogP contribution in [0.2, 0.25) is 5.02 Å². The summed E-state index contributed by atoms with van der Waals surface area (Å²) in [7, 11) is 0. The van der Waals surface area contributed by atoms with E-state index in [-0.39, 0.29) is 18.4 Å². The van der Waals surface area contributed by atoms with Crippen LogP contribution in [0, 0.1) is 0 Å². The normalized spacial score (nSPS) is 18.2. The molecule has 0 aliphatic carbocycles. The van der Waals surface area contributed by atoms with Gasteiger partial charge < -0.3 is 25.0 Å². The number of nitrogens with zero attached hydrogens (tertiary/aromatic N) is 3. The third-order valence-corrected chi connectivity index (χ3v) is 7.13. The van der Waals surface area contributed by atoms with Crippen LogP contribution in [0.3, 0.4) is 0 Å². The zero-order valence-electron chi connectivity index (χ0n) is 22.1. The molecule has 7 nitrogen and oxygen atoms in total. The van der Waals surface area contributed by atoms with E-state index < -0.39 is 11.2 Å². The lowest BCUT2D eigenvalue weighted by atomic mass is 9.94. The van der Waals surface area contributed by atoms with E-state index in [0.717, 1.165) is 17.8 Å². The predicted molar refractivity (Wildman–Crippen MR) is 151 cm³/mol. The highest BCUT2D eigenvalue weighted by Crippen LogP contribution is 2.38. The maximum absolute atomic E-state index is 11.4. The lowest BCUT2D eigenvalue weighted by Gasteiger charge is -2.45. The Hall–Kier alpha value is -3.10. The molecule has 0 saturated carbocycles. The van der Waals surface area contributed by atoms with Gasteiger partial charge >= 0.3 is 0 Å². The first kappa shape index (κ1) is 27.9. The van der Waals surface area contributed by atoms with E-state index in [4.69, 9.17) is 16.3 Å². The molecule has 0 unspecified atom stereocenters. The van der Waals surface area contributed by atoms with Crippen molar-refractivity contribution >= 4 is 17.3 Å². The van der Waals surface area contributed by atoms with E-state index in [1.807, 2.05) is 36.4 Å². The van der Waals surface area contributed by atoms with Crippen molar-refractivity contribution in [1.29, 1.82) is 0 Å². The molecule has 8 heteroatoms. The number of hydrogen-bond acceptors (Lipinski definition) is 7. The fourth-order valence-corrected chi connectivity index (χ4v) is 5.09. The van der Waals surface area contributed by atoms with Crippen molar-refractivity contribution in [3.63, 3.8) is 0 Å². The number of ether oxygens (including phenoxy) is 1. The van der Waals surface area contributed by atoms with Gasteiger partial charge in [0.2, 0.25) is 0 Å². The predicted octanol–water partition coefficient (Wildman–Crippen LogP) is 5.18. The molecule has 1 aliphatic rings. The second kappa shape index (κ2) is 11.3. The van der Waals surface area contributed by atoms with Crippen molar-refractivity contribution < 1.29 is 20.1 Å². The van der Waals surface area contributed by atoms with Crippen LogP contribution in [0.15, 0.2) is 79.2 Å². The lowest BCUT2D eigenvalue weighted by Crippen LogP contribution is -2.52. The molecule has 2 aromatic carbocycles. The third-order valence-electron chi connectivity index (χ3n) is 6.83. The average Bonchev–Trinajstić information content (AvgIpc) is 2.87. The molecule has 1 aromatic heterocycles. The summed E-state index contributed by atoms with van der Waals surface area (Å²) in [5, 5.41) is 31.5. The van der Waals surface area contributed by atoms with Crippen molar-refractivity contribution in [1.82, 2.24) is 9.88 Å². The zero-order valence-corrected chi connectivity index (χ0v) is 22.9. The summed E-state index contributed by atoms with van der Waals surface area (Å²) < 4.78 is 5.53. The summed E-state index contributed by atoms with van der Waals surface area (Å²) in [6.45, 7) is 11.2. The van der Waals surface area contributed by atoms with E-state index in [1.165, 1.54) is 0 Å². The van der Waals surface area contributed by atoms with E-state index in [9.17, 15) is 15.3 Å². The van der Waals surface area contributed by atoms with E-state index in [1.54, 1.807) is 39.1 Å². The number of aromatic nitrogens is 1. The summed E-state index contributed by atoms with van der Waals surface area (Å²) >= 11 is 6.71. The highest BCUT2D eigenvalue weighted by atomic mass is 35.5. The monoisotopic (exact) mass is 537 g/mol. The Kier molecular flexibility index (Phi) is 8.33. The average molecular weight is 538 g/mol. The molecule has 2 atom stereocenters. The zero-order chi connectivity index (χ0) is 27.5. The van der Waals surface area contributed by atoms with Gasteiger partial charge in [-0.1, -0.05) is 54.6 Å². The maximum Gasteiger partial charge on any atom is 0.144 e. The highest BCUT2D eigenvalue weighted by molar-refractivity contribution is 6.33. The van der Waals surface area contributed by atoms with E-state index in [2.05, 4.69) is 33.5 Å². The highest BCUT2D eigenvalue weighted by Gasteiger charge is 2.34. The van der Waals surface area contributed by atoms with E-state index >= 15 is 0 Å². The van der Waals surface area contributed by atoms with Crippen LogP contribution in [-0.4, -0.2) is 58.0 Å². The number of aliphatic hydroxyl groups is 3. The molecule has 4 rings (SSSR count). The molecule has 0 bridgehead atoms. The van der Waals surface area contributed by atoms with Gasteiger partial charge in [0.1, 0.15) is 29.3 Å². The summed E-state index contributed by atoms with van der Waals surface area (Å²) in [5.41, 5.74) is 1.15. The number of β-amino-alcohol motifs (C(OH)–C–C–N with tert-alkyl or cyclic N) is 1. The number of hydrogen-bond donors (Lipinski definition) is 3. The Labute approximate surface area is 229 Å². The molecule has 1 aliphatic heterocycles. The van der Waals surface area contributed by atoms with Crippen LogP contribution in [0.1, 0.15) is 43.6 Å². The van der Waals surface area contributed by atoms with Crippen LogP contribution in [0.5, 0.6) is 5.75 Å². The molecule has 1 fully saturated rings. The van der Waals surface area contributed by atoms with Crippen molar-refractivity contribution in [2.24, 2.45) is 0 Å². The van der Waals surface area contributed by atoms with Crippen molar-refractivity contribution in [3.8, 4) is 5.75 Å². The largest absolute Gasteiger partial charge is 0.509 e. The number of anilines is 1. The maximum atomic E-state index is 11.4. The summed E-state index contributed by atoms with van der Waals surface area (Å²) in [4.78, 5) is 8.93. The fourth-order valence-electron chi connectivity index (χ4n) is 4.81. The van der Waals surface area contributed by atoms with Gasteiger partial charge in [0.25, 0.3) is 0 Å². The standard InChI is InChI=1S/C30H36ClN3O4/c1-21(35)19-38-24-11-12-26(25(31)16-24)34-15-14-33(18-27(34)22-8-6-5-7-9-22)20-30(4,37)23-10-13-28(32-17-23)29(2,3)36/h5-13,16-17,27,35-37H,1,14-15,18-20H2,2-4H3/t27-,30+/m0/s1. The minimum Gasteiger partial charge on any atom is -0.509 e. The first-order valence-corrected chi connectivity index (χ1v) is 13.1. The SMILES string of the molecule is C=C(O)COc1ccc(N2CCN(C[C@@](C)(O)c3ccc(C(C)(C)O)nc3)C[C@H]2c2ccccc2)c(Cl)c1. The van der Waals surface area contributed by atoms with Gasteiger partial charge in [0.05, 0.1) is 22.4 Å². The van der Waals surface area contributed by atoms with Gasteiger partial charge in [0.15, 0.2) is 0 Å². The number of aliphatic hydroxyl groups excluding tert-OH is 1. The molecule has 3 aromatic rings. The molecule has 202 valence electrons. The molecule has 1 saturated heterocycles. The van der Waals surface area contributed by atoms with Gasteiger partial charge in [-0.15, -0.1) is 0 Å². The molecule has 0 amide bonds. The molecule has 2 heterocycles. The van der Waals surface area contributed by atoms with Crippen molar-refractivity contribution in [3.05, 3.63) is 101 Å². The quantitative estimate of drug-likeness (QED) is 0.324. The number of halogens is 1. The van der Waals surface area contributed by atoms with Crippen LogP contribution in [0.25, 0.3) is 0 Å². The first-order valence-electron chi connectivity index (χ1n) is 12.7. The second-order valence-corrected chi connectivity index (χ2v) is 11.0. The minimum atomic E-state index is -1.12. The van der Waals surface area contributed by atoms with Gasteiger partial charge in [-0.05, 0) is 44.5 Å². The molecule has 3 N–H and O–H groups in total. The van der Waals surface area contributed by atoms with Crippen LogP contribution in [-0.2, 0) is 11.2 Å². The van der Waals surface area contributed by atoms with Crippen molar-refractivity contribution in [2.45, 2.75) is 38.0 Å². The Morgan fingerprint density at radius 2 is 1.82 bits per heavy atom. The first-order chi connectivity index (χ1) is 17.9. The second-order valence-electron chi connectivity index (χ2n) is 10.6. The van der Waals surface area contributed by atoms with E-state index in [0.29, 0.717) is 41.7 Å². The van der Waals surface area contributed by atoms with Gasteiger partial charge in [-0.25, -0.2) is 0 Å². The number of benzene rings is 2. The summed E-state index contributed by atoms with van der Waals surface area (Å²) in [5.74, 6) is 0.509. The fraction of sp³-hybridized carbons (Fsp3) is 0.367. The number of rotatable bonds is 9. The van der Waals surface area contributed by atoms with Crippen LogP contribution >= 0.6 is 11.6 Å². The summed E-state index contributed by atoms with van der Waals surface area (Å²) in [6.07, 6.45) is 1.65. The molecule has 38 heavy (non-hydrogen) atoms. The molecular formula is C30H36ClN3O4. The number of piperazine rings is 1. The van der Waals surface area contributed by atoms with Gasteiger partial charge in [-0.3, -0.25) is 9.88 Å². The molecular weight excluding hydrogens is 502 g/mol. The third kappa shape index (κ3) is 6.66. The smallest absolute Gasteiger partial charge is 0.144 e. The lowest BCUT2D eigenvalue weighted by molar-refractivity contribution is 0.00970. The Morgan fingerprint density at radius 3 is 2.42 bits per heavy atom. The number of pyridine rings is 1. The Bertz CT molecular complexity index is 1240. The summed E-state index contributed by atoms with van der Waals surface area (Å²) in [6, 6.07) is 19.4. The minimum absolute atomic E-state index is 0.0108. The Balaban J connectivity index is 1.54. The van der Waals surface area contributed by atoms with Gasteiger partial charge in [0, 0.05) is 44.0 Å². The van der Waals surface area contributed by atoms with Crippen LogP contribution < -0.4 is 9.64 Å². The van der Waals surface area contributed by atoms with Crippen LogP contribution in [0.4, 0.5) is 5.69 Å². The molecule has 0 radical (unpaired) electrons.